The van der Waals surface area contributed by atoms with Crippen LogP contribution in [-0.2, 0) is 9.59 Å². The minimum Gasteiger partial charge on any atom is -0.383 e. The van der Waals surface area contributed by atoms with Crippen LogP contribution in [-0.4, -0.2) is 16.9 Å². The highest BCUT2D eigenvalue weighted by Crippen LogP contribution is 2.34. The summed E-state index contributed by atoms with van der Waals surface area (Å²) in [6.07, 6.45) is -0.979. The smallest absolute Gasteiger partial charge is 0.233 e. The Balaban J connectivity index is 1.95. The van der Waals surface area contributed by atoms with Crippen molar-refractivity contribution >= 4 is 50.5 Å². The fraction of sp³-hybridized carbons (Fsp3) is 0.143. The second-order valence-corrected chi connectivity index (χ2v) is 7.12. The van der Waals surface area contributed by atoms with Crippen molar-refractivity contribution < 1.29 is 14.7 Å². The Hall–Kier alpha value is -1.70. The minimum atomic E-state index is -0.776. The van der Waals surface area contributed by atoms with Crippen molar-refractivity contribution in [1.82, 2.24) is 0 Å². The number of carbonyl (C=O) groups is 2. The second-order valence-electron chi connectivity index (χ2n) is 4.62. The first-order valence-corrected chi connectivity index (χ1v) is 7.81. The Labute approximate surface area is 133 Å². The highest BCUT2D eigenvalue weighted by Gasteiger charge is 2.20. The molecule has 108 valence electrons. The number of hydrogen-bond acceptors (Lipinski definition) is 4. The van der Waals surface area contributed by atoms with E-state index in [1.165, 1.54) is 11.3 Å². The van der Waals surface area contributed by atoms with E-state index in [2.05, 4.69) is 26.6 Å². The molecule has 1 atom stereocenters. The van der Waals surface area contributed by atoms with E-state index in [4.69, 9.17) is 0 Å². The molecule has 0 aliphatic carbocycles. The summed E-state index contributed by atoms with van der Waals surface area (Å²) in [6, 6.07) is 8.80. The standard InChI is InChI=1S/C14H11BrN2O3S/c15-11-4-3-10(21-11)14(20)7-1-2-8-9(5-7)17-13(19)6-12(18)16-8/h1-5,14,20H,6H2,(H,16,18)(H,17,19). The van der Waals surface area contributed by atoms with Crippen LogP contribution in [0.2, 0.25) is 0 Å². The van der Waals surface area contributed by atoms with Crippen molar-refractivity contribution in [3.05, 3.63) is 44.6 Å². The van der Waals surface area contributed by atoms with Gasteiger partial charge in [-0.3, -0.25) is 9.59 Å². The number of thiophene rings is 1. The summed E-state index contributed by atoms with van der Waals surface area (Å²) in [5.41, 5.74) is 1.69. The van der Waals surface area contributed by atoms with Crippen molar-refractivity contribution in [2.75, 3.05) is 10.6 Å². The second kappa shape index (κ2) is 5.59. The van der Waals surface area contributed by atoms with Crippen molar-refractivity contribution in [3.63, 3.8) is 0 Å². The van der Waals surface area contributed by atoms with Gasteiger partial charge in [0.25, 0.3) is 0 Å². The molecule has 7 heteroatoms. The summed E-state index contributed by atoms with van der Waals surface area (Å²) in [5, 5.41) is 15.7. The Morgan fingerprint density at radius 1 is 1.10 bits per heavy atom. The largest absolute Gasteiger partial charge is 0.383 e. The van der Waals surface area contributed by atoms with Gasteiger partial charge in [-0.1, -0.05) is 6.07 Å². The molecule has 5 nitrogen and oxygen atoms in total. The number of fused-ring (bicyclic) bond motifs is 1. The van der Waals surface area contributed by atoms with Gasteiger partial charge < -0.3 is 15.7 Å². The van der Waals surface area contributed by atoms with E-state index in [1.54, 1.807) is 18.2 Å². The summed E-state index contributed by atoms with van der Waals surface area (Å²) in [5.74, 6) is -0.710. The number of hydrogen-bond donors (Lipinski definition) is 3. The Morgan fingerprint density at radius 2 is 1.81 bits per heavy atom. The molecular weight excluding hydrogens is 356 g/mol. The maximum atomic E-state index is 11.6. The molecule has 0 bridgehead atoms. The first-order chi connectivity index (χ1) is 10.0. The minimum absolute atomic E-state index is 0.204. The van der Waals surface area contributed by atoms with Gasteiger partial charge >= 0.3 is 0 Å². The van der Waals surface area contributed by atoms with Gasteiger partial charge in [-0.05, 0) is 45.8 Å². The topological polar surface area (TPSA) is 78.4 Å². The third-order valence-corrected chi connectivity index (χ3v) is 4.77. The number of rotatable bonds is 2. The highest BCUT2D eigenvalue weighted by atomic mass is 79.9. The number of benzene rings is 1. The quantitative estimate of drug-likeness (QED) is 0.715. The molecule has 0 fully saturated rings. The van der Waals surface area contributed by atoms with Gasteiger partial charge in [-0.2, -0.15) is 0 Å². The number of aliphatic hydroxyl groups excluding tert-OH is 1. The summed E-state index contributed by atoms with van der Waals surface area (Å²) in [7, 11) is 0. The van der Waals surface area contributed by atoms with Gasteiger partial charge in [-0.15, -0.1) is 11.3 Å². The van der Waals surface area contributed by atoms with Crippen LogP contribution in [0.1, 0.15) is 23.0 Å². The van der Waals surface area contributed by atoms with Crippen LogP contribution in [0.25, 0.3) is 0 Å². The Morgan fingerprint density at radius 3 is 2.48 bits per heavy atom. The third-order valence-electron chi connectivity index (χ3n) is 3.09. The molecule has 0 radical (unpaired) electrons. The molecule has 2 aromatic rings. The number of halogens is 1. The number of amides is 2. The predicted octanol–water partition coefficient (Wildman–Crippen LogP) is 2.87. The molecular formula is C14H11BrN2O3S. The van der Waals surface area contributed by atoms with E-state index in [9.17, 15) is 14.7 Å². The van der Waals surface area contributed by atoms with Crippen molar-refractivity contribution in [3.8, 4) is 0 Å². The van der Waals surface area contributed by atoms with Gasteiger partial charge in [0.05, 0.1) is 15.2 Å². The summed E-state index contributed by atoms with van der Waals surface area (Å²) >= 11 is 4.80. The number of anilines is 2. The molecule has 1 aliphatic rings. The lowest BCUT2D eigenvalue weighted by Crippen LogP contribution is -2.16. The molecule has 1 aromatic heterocycles. The molecule has 21 heavy (non-hydrogen) atoms. The van der Waals surface area contributed by atoms with E-state index >= 15 is 0 Å². The van der Waals surface area contributed by atoms with Crippen LogP contribution in [0.3, 0.4) is 0 Å². The summed E-state index contributed by atoms with van der Waals surface area (Å²) in [6.45, 7) is 0. The Kier molecular flexibility index (Phi) is 3.79. The molecule has 2 heterocycles. The third kappa shape index (κ3) is 2.99. The summed E-state index contributed by atoms with van der Waals surface area (Å²) < 4.78 is 0.937. The number of aliphatic hydroxyl groups is 1. The zero-order valence-electron chi connectivity index (χ0n) is 10.7. The predicted molar refractivity (Wildman–Crippen MR) is 84.4 cm³/mol. The first-order valence-electron chi connectivity index (χ1n) is 6.20. The average molecular weight is 367 g/mol. The van der Waals surface area contributed by atoms with Crippen LogP contribution >= 0.6 is 27.3 Å². The van der Waals surface area contributed by atoms with Gasteiger partial charge in [0.15, 0.2) is 0 Å². The molecule has 2 amide bonds. The molecule has 3 N–H and O–H groups in total. The maximum Gasteiger partial charge on any atom is 0.233 e. The molecule has 0 saturated carbocycles. The van der Waals surface area contributed by atoms with E-state index in [0.717, 1.165) is 8.66 Å². The van der Waals surface area contributed by atoms with Gasteiger partial charge in [0.2, 0.25) is 11.8 Å². The fourth-order valence-electron chi connectivity index (χ4n) is 2.12. The van der Waals surface area contributed by atoms with Crippen molar-refractivity contribution in [1.29, 1.82) is 0 Å². The lowest BCUT2D eigenvalue weighted by molar-refractivity contribution is -0.123. The SMILES string of the molecule is O=C1CC(=O)Nc2cc(C(O)c3ccc(Br)s3)ccc2N1. The molecule has 0 saturated heterocycles. The molecule has 0 spiro atoms. The van der Waals surface area contributed by atoms with Crippen molar-refractivity contribution in [2.45, 2.75) is 12.5 Å². The molecule has 1 aliphatic heterocycles. The number of carbonyl (C=O) groups excluding carboxylic acids is 2. The van der Waals surface area contributed by atoms with Crippen LogP contribution in [0.4, 0.5) is 11.4 Å². The van der Waals surface area contributed by atoms with E-state index in [-0.39, 0.29) is 18.2 Å². The van der Waals surface area contributed by atoms with Gasteiger partial charge in [-0.25, -0.2) is 0 Å². The average Bonchev–Trinajstić information content (AvgIpc) is 2.79. The fourth-order valence-corrected chi connectivity index (χ4v) is 3.56. The van der Waals surface area contributed by atoms with Crippen LogP contribution in [0.5, 0.6) is 0 Å². The monoisotopic (exact) mass is 366 g/mol. The van der Waals surface area contributed by atoms with Crippen LogP contribution < -0.4 is 10.6 Å². The lowest BCUT2D eigenvalue weighted by atomic mass is 10.1. The van der Waals surface area contributed by atoms with Crippen LogP contribution in [0.15, 0.2) is 34.1 Å². The van der Waals surface area contributed by atoms with E-state index in [1.807, 2.05) is 12.1 Å². The van der Waals surface area contributed by atoms with E-state index in [0.29, 0.717) is 16.9 Å². The molecule has 1 aromatic carbocycles. The zero-order chi connectivity index (χ0) is 15.0. The maximum absolute atomic E-state index is 11.6. The van der Waals surface area contributed by atoms with E-state index < -0.39 is 6.10 Å². The van der Waals surface area contributed by atoms with Crippen LogP contribution in [0, 0.1) is 0 Å². The first kappa shape index (κ1) is 14.2. The Bertz CT molecular complexity index is 729. The molecule has 3 rings (SSSR count). The zero-order valence-corrected chi connectivity index (χ0v) is 13.1. The summed E-state index contributed by atoms with van der Waals surface area (Å²) in [4.78, 5) is 23.8. The lowest BCUT2D eigenvalue weighted by Gasteiger charge is -2.13. The van der Waals surface area contributed by atoms with Crippen molar-refractivity contribution in [2.24, 2.45) is 0 Å². The molecule has 1 unspecified atom stereocenters. The normalized spacial score (nSPS) is 15.7. The van der Waals surface area contributed by atoms with Gasteiger partial charge in [0.1, 0.15) is 12.5 Å². The number of nitrogens with one attached hydrogen (secondary N) is 2. The highest BCUT2D eigenvalue weighted by molar-refractivity contribution is 9.11. The van der Waals surface area contributed by atoms with Gasteiger partial charge in [0, 0.05) is 4.88 Å².